The van der Waals surface area contributed by atoms with Crippen molar-refractivity contribution < 1.29 is 19.1 Å². The molecule has 126 valence electrons. The molecule has 1 aliphatic heterocycles. The molecule has 2 amide bonds. The summed E-state index contributed by atoms with van der Waals surface area (Å²) in [5.74, 6) is 0. The standard InChI is InChI=1S/C17H24N2O4/c1-17(2,3)23-15(20)18-9-11-22-16(21)19-10-8-13-6-4-5-7-14(13)12-19/h4-7H,8-12H2,1-3H3,(H,18,20). The first-order valence-corrected chi connectivity index (χ1v) is 7.80. The number of ether oxygens (including phenoxy) is 2. The van der Waals surface area contributed by atoms with Crippen molar-refractivity contribution in [2.24, 2.45) is 0 Å². The summed E-state index contributed by atoms with van der Waals surface area (Å²) in [5, 5.41) is 2.56. The Balaban J connectivity index is 1.69. The third kappa shape index (κ3) is 5.47. The summed E-state index contributed by atoms with van der Waals surface area (Å²) in [4.78, 5) is 25.2. The minimum atomic E-state index is -0.540. The molecule has 1 aromatic carbocycles. The predicted octanol–water partition coefficient (Wildman–Crippen LogP) is 2.71. The Kier molecular flexibility index (Phi) is 5.47. The van der Waals surface area contributed by atoms with Gasteiger partial charge in [0.1, 0.15) is 12.2 Å². The van der Waals surface area contributed by atoms with Gasteiger partial charge in [-0.2, -0.15) is 0 Å². The predicted molar refractivity (Wildman–Crippen MR) is 86.1 cm³/mol. The van der Waals surface area contributed by atoms with Crippen molar-refractivity contribution >= 4 is 12.2 Å². The lowest BCUT2D eigenvalue weighted by Gasteiger charge is -2.28. The molecule has 1 heterocycles. The molecule has 0 unspecified atom stereocenters. The van der Waals surface area contributed by atoms with E-state index in [-0.39, 0.29) is 19.2 Å². The first kappa shape index (κ1) is 17.1. The summed E-state index contributed by atoms with van der Waals surface area (Å²) < 4.78 is 10.3. The van der Waals surface area contributed by atoms with Crippen LogP contribution in [0, 0.1) is 0 Å². The fourth-order valence-electron chi connectivity index (χ4n) is 2.35. The SMILES string of the molecule is CC(C)(C)OC(=O)NCCOC(=O)N1CCc2ccccc2C1. The number of hydrogen-bond donors (Lipinski definition) is 1. The van der Waals surface area contributed by atoms with Gasteiger partial charge in [-0.1, -0.05) is 24.3 Å². The van der Waals surface area contributed by atoms with Gasteiger partial charge in [0.05, 0.1) is 6.54 Å². The summed E-state index contributed by atoms with van der Waals surface area (Å²) >= 11 is 0. The summed E-state index contributed by atoms with van der Waals surface area (Å²) in [6.45, 7) is 6.94. The smallest absolute Gasteiger partial charge is 0.410 e. The number of rotatable bonds is 3. The van der Waals surface area contributed by atoms with Crippen LogP contribution in [-0.2, 0) is 22.4 Å². The number of amides is 2. The first-order valence-electron chi connectivity index (χ1n) is 7.80. The van der Waals surface area contributed by atoms with Gasteiger partial charge in [-0.3, -0.25) is 0 Å². The maximum atomic E-state index is 12.0. The van der Waals surface area contributed by atoms with E-state index in [1.807, 2.05) is 18.2 Å². The molecular formula is C17H24N2O4. The molecule has 0 aliphatic carbocycles. The largest absolute Gasteiger partial charge is 0.448 e. The van der Waals surface area contributed by atoms with Crippen LogP contribution in [0.3, 0.4) is 0 Å². The number of fused-ring (bicyclic) bond motifs is 1. The lowest BCUT2D eigenvalue weighted by molar-refractivity contribution is 0.0500. The molecular weight excluding hydrogens is 296 g/mol. The molecule has 2 rings (SSSR count). The van der Waals surface area contributed by atoms with E-state index in [1.165, 1.54) is 5.56 Å². The maximum absolute atomic E-state index is 12.0. The van der Waals surface area contributed by atoms with Gasteiger partial charge < -0.3 is 19.7 Å². The van der Waals surface area contributed by atoms with E-state index >= 15 is 0 Å². The van der Waals surface area contributed by atoms with Crippen LogP contribution in [0.4, 0.5) is 9.59 Å². The second-order valence-corrected chi connectivity index (χ2v) is 6.48. The second-order valence-electron chi connectivity index (χ2n) is 6.48. The van der Waals surface area contributed by atoms with E-state index in [0.29, 0.717) is 13.1 Å². The number of nitrogens with one attached hydrogen (secondary N) is 1. The fraction of sp³-hybridized carbons (Fsp3) is 0.529. The lowest BCUT2D eigenvalue weighted by Crippen LogP contribution is -2.38. The molecule has 0 fully saturated rings. The normalized spacial score (nSPS) is 14.0. The zero-order valence-corrected chi connectivity index (χ0v) is 13.9. The zero-order chi connectivity index (χ0) is 16.9. The Bertz CT molecular complexity index is 566. The molecule has 0 atom stereocenters. The highest BCUT2D eigenvalue weighted by molar-refractivity contribution is 5.69. The molecule has 0 saturated carbocycles. The van der Waals surface area contributed by atoms with Crippen LogP contribution in [0.25, 0.3) is 0 Å². The number of hydrogen-bond acceptors (Lipinski definition) is 4. The molecule has 0 saturated heterocycles. The number of carbonyl (C=O) groups excluding carboxylic acids is 2. The molecule has 6 heteroatoms. The van der Waals surface area contributed by atoms with Crippen LogP contribution in [-0.4, -0.2) is 42.4 Å². The Labute approximate surface area is 136 Å². The molecule has 1 N–H and O–H groups in total. The summed E-state index contributed by atoms with van der Waals surface area (Å²) in [7, 11) is 0. The van der Waals surface area contributed by atoms with E-state index < -0.39 is 11.7 Å². The van der Waals surface area contributed by atoms with Crippen LogP contribution in [0.1, 0.15) is 31.9 Å². The van der Waals surface area contributed by atoms with Crippen molar-refractivity contribution in [3.8, 4) is 0 Å². The van der Waals surface area contributed by atoms with Crippen molar-refractivity contribution in [1.29, 1.82) is 0 Å². The molecule has 1 aliphatic rings. The summed E-state index contributed by atoms with van der Waals surface area (Å²) in [6.07, 6.45) is -0.0347. The van der Waals surface area contributed by atoms with Gasteiger partial charge >= 0.3 is 12.2 Å². The first-order chi connectivity index (χ1) is 10.8. The van der Waals surface area contributed by atoms with Crippen molar-refractivity contribution in [2.75, 3.05) is 19.7 Å². The molecule has 6 nitrogen and oxygen atoms in total. The number of alkyl carbamates (subject to hydrolysis) is 1. The maximum Gasteiger partial charge on any atom is 0.410 e. The van der Waals surface area contributed by atoms with E-state index in [4.69, 9.17) is 9.47 Å². The van der Waals surface area contributed by atoms with Crippen LogP contribution in [0.15, 0.2) is 24.3 Å². The fourth-order valence-corrected chi connectivity index (χ4v) is 2.35. The average molecular weight is 320 g/mol. The summed E-state index contributed by atoms with van der Waals surface area (Å²) in [5.41, 5.74) is 1.90. The van der Waals surface area contributed by atoms with Crippen LogP contribution < -0.4 is 5.32 Å². The molecule has 0 radical (unpaired) electrons. The van der Waals surface area contributed by atoms with Gasteiger partial charge in [0, 0.05) is 13.1 Å². The highest BCUT2D eigenvalue weighted by Gasteiger charge is 2.21. The van der Waals surface area contributed by atoms with Crippen LogP contribution >= 0.6 is 0 Å². The quantitative estimate of drug-likeness (QED) is 0.870. The van der Waals surface area contributed by atoms with E-state index in [0.717, 1.165) is 12.0 Å². The molecule has 0 aromatic heterocycles. The Hall–Kier alpha value is -2.24. The van der Waals surface area contributed by atoms with E-state index in [9.17, 15) is 9.59 Å². The minimum Gasteiger partial charge on any atom is -0.448 e. The molecule has 0 spiro atoms. The highest BCUT2D eigenvalue weighted by Crippen LogP contribution is 2.18. The lowest BCUT2D eigenvalue weighted by atomic mass is 10.0. The van der Waals surface area contributed by atoms with Crippen LogP contribution in [0.2, 0.25) is 0 Å². The molecule has 0 bridgehead atoms. The third-order valence-corrected chi connectivity index (χ3v) is 3.38. The molecule has 1 aromatic rings. The van der Waals surface area contributed by atoms with Gasteiger partial charge in [-0.25, -0.2) is 9.59 Å². The Morgan fingerprint density at radius 2 is 1.91 bits per heavy atom. The van der Waals surface area contributed by atoms with Gasteiger partial charge in [0.15, 0.2) is 0 Å². The van der Waals surface area contributed by atoms with Gasteiger partial charge in [-0.05, 0) is 38.3 Å². The van der Waals surface area contributed by atoms with Crippen molar-refractivity contribution in [3.63, 3.8) is 0 Å². The van der Waals surface area contributed by atoms with E-state index in [2.05, 4.69) is 11.4 Å². The Morgan fingerprint density at radius 1 is 1.22 bits per heavy atom. The van der Waals surface area contributed by atoms with Crippen molar-refractivity contribution in [1.82, 2.24) is 10.2 Å². The highest BCUT2D eigenvalue weighted by atomic mass is 16.6. The minimum absolute atomic E-state index is 0.121. The van der Waals surface area contributed by atoms with Gasteiger partial charge in [-0.15, -0.1) is 0 Å². The van der Waals surface area contributed by atoms with Gasteiger partial charge in [0.25, 0.3) is 0 Å². The number of nitrogens with zero attached hydrogens (tertiary/aromatic N) is 1. The topological polar surface area (TPSA) is 67.9 Å². The second kappa shape index (κ2) is 7.35. The van der Waals surface area contributed by atoms with Gasteiger partial charge in [0.2, 0.25) is 0 Å². The average Bonchev–Trinajstić information content (AvgIpc) is 2.49. The summed E-state index contributed by atoms with van der Waals surface area (Å²) in [6, 6.07) is 8.09. The monoisotopic (exact) mass is 320 g/mol. The zero-order valence-electron chi connectivity index (χ0n) is 13.9. The van der Waals surface area contributed by atoms with Crippen molar-refractivity contribution in [3.05, 3.63) is 35.4 Å². The number of carbonyl (C=O) groups is 2. The van der Waals surface area contributed by atoms with E-state index in [1.54, 1.807) is 25.7 Å². The van der Waals surface area contributed by atoms with Crippen LogP contribution in [0.5, 0.6) is 0 Å². The molecule has 23 heavy (non-hydrogen) atoms. The third-order valence-electron chi connectivity index (χ3n) is 3.38. The Morgan fingerprint density at radius 3 is 2.61 bits per heavy atom. The number of benzene rings is 1. The van der Waals surface area contributed by atoms with Crippen molar-refractivity contribution in [2.45, 2.75) is 39.3 Å².